The van der Waals surface area contributed by atoms with Crippen LogP contribution in [0.4, 0.5) is 10.5 Å². The molecule has 0 aliphatic carbocycles. The van der Waals surface area contributed by atoms with Crippen molar-refractivity contribution >= 4 is 11.8 Å². The van der Waals surface area contributed by atoms with Crippen LogP contribution in [-0.2, 0) is 11.2 Å². The topological polar surface area (TPSA) is 79.8 Å². The molecular formula is C15H22N2O4. The van der Waals surface area contributed by atoms with E-state index in [1.54, 1.807) is 0 Å². The Morgan fingerprint density at radius 2 is 2.29 bits per heavy atom. The maximum Gasteiger partial charge on any atom is 0.407 e. The SMILES string of the molecule is CC(C)(C)OC(=O)NCCc1ccc2c(c1)OC[C@@H](O)N2. The first-order valence-corrected chi connectivity index (χ1v) is 7.01. The van der Waals surface area contributed by atoms with E-state index in [-0.39, 0.29) is 6.61 Å². The lowest BCUT2D eigenvalue weighted by Crippen LogP contribution is -2.33. The molecule has 1 amide bonds. The average molecular weight is 294 g/mol. The number of nitrogens with one attached hydrogen (secondary N) is 2. The van der Waals surface area contributed by atoms with E-state index in [0.717, 1.165) is 17.0 Å². The lowest BCUT2D eigenvalue weighted by Gasteiger charge is -2.24. The molecule has 21 heavy (non-hydrogen) atoms. The van der Waals surface area contributed by atoms with Crippen LogP contribution >= 0.6 is 0 Å². The highest BCUT2D eigenvalue weighted by Crippen LogP contribution is 2.29. The second-order valence-corrected chi connectivity index (χ2v) is 5.98. The molecule has 6 nitrogen and oxygen atoms in total. The number of benzene rings is 1. The third-order valence-electron chi connectivity index (χ3n) is 2.85. The van der Waals surface area contributed by atoms with Gasteiger partial charge in [-0.2, -0.15) is 0 Å². The third kappa shape index (κ3) is 4.82. The van der Waals surface area contributed by atoms with Crippen LogP contribution in [0, 0.1) is 0 Å². The first-order chi connectivity index (χ1) is 9.83. The Morgan fingerprint density at radius 3 is 3.00 bits per heavy atom. The Labute approximate surface area is 124 Å². The number of ether oxygens (including phenoxy) is 2. The molecule has 1 aromatic rings. The third-order valence-corrected chi connectivity index (χ3v) is 2.85. The summed E-state index contributed by atoms with van der Waals surface area (Å²) in [6.07, 6.45) is -0.406. The van der Waals surface area contributed by atoms with Gasteiger partial charge in [0.25, 0.3) is 0 Å². The second kappa shape index (κ2) is 6.22. The van der Waals surface area contributed by atoms with Crippen molar-refractivity contribution in [3.63, 3.8) is 0 Å². The minimum Gasteiger partial charge on any atom is -0.487 e. The van der Waals surface area contributed by atoms with Crippen LogP contribution in [0.25, 0.3) is 0 Å². The Bertz CT molecular complexity index is 511. The van der Waals surface area contributed by atoms with E-state index < -0.39 is 17.9 Å². The normalized spacial score (nSPS) is 17.2. The molecule has 2 rings (SSSR count). The van der Waals surface area contributed by atoms with Gasteiger partial charge in [0.15, 0.2) is 6.23 Å². The molecular weight excluding hydrogens is 272 g/mol. The first kappa shape index (κ1) is 15.4. The van der Waals surface area contributed by atoms with Crippen molar-refractivity contribution in [1.82, 2.24) is 5.32 Å². The van der Waals surface area contributed by atoms with E-state index in [1.165, 1.54) is 0 Å². The number of hydrogen-bond acceptors (Lipinski definition) is 5. The van der Waals surface area contributed by atoms with Crippen LogP contribution in [0.1, 0.15) is 26.3 Å². The quantitative estimate of drug-likeness (QED) is 0.793. The van der Waals surface area contributed by atoms with Crippen LogP contribution in [0.15, 0.2) is 18.2 Å². The molecule has 0 unspecified atom stereocenters. The molecule has 3 N–H and O–H groups in total. The molecule has 0 fully saturated rings. The van der Waals surface area contributed by atoms with Crippen molar-refractivity contribution < 1.29 is 19.4 Å². The van der Waals surface area contributed by atoms with E-state index in [9.17, 15) is 9.90 Å². The van der Waals surface area contributed by atoms with Gasteiger partial charge in [-0.1, -0.05) is 6.07 Å². The molecule has 0 saturated heterocycles. The first-order valence-electron chi connectivity index (χ1n) is 7.01. The Hall–Kier alpha value is -1.95. The van der Waals surface area contributed by atoms with Gasteiger partial charge in [-0.05, 0) is 44.9 Å². The van der Waals surface area contributed by atoms with E-state index in [4.69, 9.17) is 9.47 Å². The number of rotatable bonds is 3. The summed E-state index contributed by atoms with van der Waals surface area (Å²) in [5, 5.41) is 15.1. The smallest absolute Gasteiger partial charge is 0.407 e. The number of carbonyl (C=O) groups excluding carboxylic acids is 1. The number of anilines is 1. The van der Waals surface area contributed by atoms with Gasteiger partial charge in [0.1, 0.15) is 18.0 Å². The summed E-state index contributed by atoms with van der Waals surface area (Å²) in [7, 11) is 0. The molecule has 0 spiro atoms. The van der Waals surface area contributed by atoms with Crippen LogP contribution < -0.4 is 15.4 Å². The van der Waals surface area contributed by atoms with Crippen molar-refractivity contribution in [3.8, 4) is 5.75 Å². The fraction of sp³-hybridized carbons (Fsp3) is 0.533. The fourth-order valence-electron chi connectivity index (χ4n) is 1.97. The summed E-state index contributed by atoms with van der Waals surface area (Å²) in [5.74, 6) is 0.718. The standard InChI is InChI=1S/C15H22N2O4/c1-15(2,3)21-14(19)16-7-6-10-4-5-11-12(8-10)20-9-13(18)17-11/h4-5,8,13,17-18H,6-7,9H2,1-3H3,(H,16,19)/t13-/m1/s1. The van der Waals surface area contributed by atoms with Gasteiger partial charge in [-0.25, -0.2) is 4.79 Å². The fourth-order valence-corrected chi connectivity index (χ4v) is 1.97. The van der Waals surface area contributed by atoms with Crippen molar-refractivity contribution in [2.75, 3.05) is 18.5 Å². The molecule has 1 aliphatic rings. The van der Waals surface area contributed by atoms with Gasteiger partial charge in [0.2, 0.25) is 0 Å². The van der Waals surface area contributed by atoms with Crippen LogP contribution in [0.5, 0.6) is 5.75 Å². The molecule has 0 saturated carbocycles. The molecule has 0 radical (unpaired) electrons. The largest absolute Gasteiger partial charge is 0.487 e. The number of hydrogen-bond donors (Lipinski definition) is 3. The summed E-state index contributed by atoms with van der Waals surface area (Å²) < 4.78 is 10.6. The van der Waals surface area contributed by atoms with Gasteiger partial charge in [-0.3, -0.25) is 0 Å². The van der Waals surface area contributed by atoms with Gasteiger partial charge >= 0.3 is 6.09 Å². The molecule has 0 bridgehead atoms. The predicted octanol–water partition coefficient (Wildman–Crippen LogP) is 1.88. The lowest BCUT2D eigenvalue weighted by molar-refractivity contribution is 0.0528. The van der Waals surface area contributed by atoms with Crippen LogP contribution in [0.2, 0.25) is 0 Å². The zero-order valence-electron chi connectivity index (χ0n) is 12.6. The summed E-state index contributed by atoms with van der Waals surface area (Å²) in [4.78, 5) is 11.5. The summed E-state index contributed by atoms with van der Waals surface area (Å²) >= 11 is 0. The maximum absolute atomic E-state index is 11.5. The number of alkyl carbamates (subject to hydrolysis) is 1. The average Bonchev–Trinajstić information content (AvgIpc) is 2.36. The molecule has 1 aliphatic heterocycles. The number of carbonyl (C=O) groups is 1. The highest BCUT2D eigenvalue weighted by Gasteiger charge is 2.17. The number of aliphatic hydroxyl groups is 1. The molecule has 0 aromatic heterocycles. The number of aliphatic hydroxyl groups excluding tert-OH is 1. The Balaban J connectivity index is 1.83. The van der Waals surface area contributed by atoms with Crippen LogP contribution in [-0.4, -0.2) is 36.2 Å². The highest BCUT2D eigenvalue weighted by molar-refractivity contribution is 5.67. The summed E-state index contributed by atoms with van der Waals surface area (Å²) in [6.45, 7) is 6.20. The van der Waals surface area contributed by atoms with Gasteiger partial charge < -0.3 is 25.2 Å². The zero-order valence-corrected chi connectivity index (χ0v) is 12.6. The molecule has 1 atom stereocenters. The molecule has 6 heteroatoms. The Kier molecular flexibility index (Phi) is 4.57. The van der Waals surface area contributed by atoms with Crippen molar-refractivity contribution in [2.45, 2.75) is 39.0 Å². The van der Waals surface area contributed by atoms with E-state index in [2.05, 4.69) is 10.6 Å². The van der Waals surface area contributed by atoms with Crippen molar-refractivity contribution in [3.05, 3.63) is 23.8 Å². The number of fused-ring (bicyclic) bond motifs is 1. The molecule has 1 aromatic carbocycles. The summed E-state index contributed by atoms with van der Waals surface area (Å²) in [6, 6.07) is 5.70. The van der Waals surface area contributed by atoms with Crippen molar-refractivity contribution in [1.29, 1.82) is 0 Å². The monoisotopic (exact) mass is 294 g/mol. The van der Waals surface area contributed by atoms with Crippen molar-refractivity contribution in [2.24, 2.45) is 0 Å². The van der Waals surface area contributed by atoms with Crippen LogP contribution in [0.3, 0.4) is 0 Å². The predicted molar refractivity (Wildman–Crippen MR) is 79.5 cm³/mol. The van der Waals surface area contributed by atoms with E-state index in [1.807, 2.05) is 39.0 Å². The lowest BCUT2D eigenvalue weighted by atomic mass is 10.1. The minimum atomic E-state index is -0.669. The second-order valence-electron chi connectivity index (χ2n) is 5.98. The minimum absolute atomic E-state index is 0.229. The highest BCUT2D eigenvalue weighted by atomic mass is 16.6. The molecule has 116 valence electrons. The van der Waals surface area contributed by atoms with Gasteiger partial charge in [0.05, 0.1) is 5.69 Å². The van der Waals surface area contributed by atoms with E-state index in [0.29, 0.717) is 13.0 Å². The van der Waals surface area contributed by atoms with Gasteiger partial charge in [0, 0.05) is 6.54 Å². The summed E-state index contributed by atoms with van der Waals surface area (Å²) in [5.41, 5.74) is 1.33. The number of amides is 1. The zero-order chi connectivity index (χ0) is 15.5. The van der Waals surface area contributed by atoms with Gasteiger partial charge in [-0.15, -0.1) is 0 Å². The van der Waals surface area contributed by atoms with E-state index >= 15 is 0 Å². The Morgan fingerprint density at radius 1 is 1.52 bits per heavy atom. The molecule has 1 heterocycles. The maximum atomic E-state index is 11.5.